The van der Waals surface area contributed by atoms with E-state index in [0.717, 1.165) is 0 Å². The number of thioether (sulfide) groups is 2. The number of carbonyl (C=O) groups excluding carboxylic acids is 1. The number of hydrogen-bond acceptors (Lipinski definition) is 3. The van der Waals surface area contributed by atoms with Gasteiger partial charge in [0.1, 0.15) is 4.58 Å². The molecule has 8 heavy (non-hydrogen) atoms. The van der Waals surface area contributed by atoms with Crippen LogP contribution < -0.4 is 0 Å². The van der Waals surface area contributed by atoms with Gasteiger partial charge in [0, 0.05) is 0 Å². The van der Waals surface area contributed by atoms with E-state index in [1.54, 1.807) is 0 Å². The monoisotopic (exact) mass is 170 g/mol. The molecule has 0 fully saturated rings. The van der Waals surface area contributed by atoms with Crippen LogP contribution in [0.5, 0.6) is 0 Å². The average molecular weight is 171 g/mol. The standard InChI is InChI=1S/C4H7ClOS2/c1-7-4(8-2)3(5)6/h4H,1-2H3. The highest BCUT2D eigenvalue weighted by molar-refractivity contribution is 8.17. The van der Waals surface area contributed by atoms with Crippen molar-refractivity contribution in [3.8, 4) is 0 Å². The van der Waals surface area contributed by atoms with Crippen LogP contribution in [0.4, 0.5) is 0 Å². The van der Waals surface area contributed by atoms with Crippen LogP contribution in [0.3, 0.4) is 0 Å². The van der Waals surface area contributed by atoms with E-state index in [2.05, 4.69) is 0 Å². The second-order valence-corrected chi connectivity index (χ2v) is 3.66. The van der Waals surface area contributed by atoms with Crippen molar-refractivity contribution in [1.29, 1.82) is 0 Å². The molecule has 0 atom stereocenters. The lowest BCUT2D eigenvalue weighted by Gasteiger charge is -2.01. The Morgan fingerprint density at radius 3 is 1.88 bits per heavy atom. The lowest BCUT2D eigenvalue weighted by atomic mass is 10.9. The van der Waals surface area contributed by atoms with Crippen molar-refractivity contribution in [3.63, 3.8) is 0 Å². The molecule has 0 aromatic heterocycles. The topological polar surface area (TPSA) is 17.1 Å². The fourth-order valence-electron chi connectivity index (χ4n) is 0.282. The molecule has 48 valence electrons. The van der Waals surface area contributed by atoms with Gasteiger partial charge in [0.15, 0.2) is 0 Å². The van der Waals surface area contributed by atoms with E-state index in [0.29, 0.717) is 0 Å². The van der Waals surface area contributed by atoms with Crippen LogP contribution in [0.15, 0.2) is 0 Å². The van der Waals surface area contributed by atoms with Gasteiger partial charge in [-0.25, -0.2) is 0 Å². The summed E-state index contributed by atoms with van der Waals surface area (Å²) in [6.07, 6.45) is 3.73. The van der Waals surface area contributed by atoms with Gasteiger partial charge in [0.25, 0.3) is 0 Å². The van der Waals surface area contributed by atoms with Crippen molar-refractivity contribution in [3.05, 3.63) is 0 Å². The normalized spacial score (nSPS) is 10.0. The summed E-state index contributed by atoms with van der Waals surface area (Å²) in [5, 5.41) is -0.273. The lowest BCUT2D eigenvalue weighted by Crippen LogP contribution is -2.03. The van der Waals surface area contributed by atoms with Gasteiger partial charge in [-0.3, -0.25) is 4.79 Å². The van der Waals surface area contributed by atoms with Crippen molar-refractivity contribution in [2.75, 3.05) is 12.5 Å². The third-order valence-corrected chi connectivity index (χ3v) is 3.53. The summed E-state index contributed by atoms with van der Waals surface area (Å²) >= 11 is 8.08. The quantitative estimate of drug-likeness (QED) is 0.475. The molecule has 0 spiro atoms. The number of halogens is 1. The van der Waals surface area contributed by atoms with Crippen molar-refractivity contribution in [2.24, 2.45) is 0 Å². The summed E-state index contributed by atoms with van der Waals surface area (Å²) in [6.45, 7) is 0. The summed E-state index contributed by atoms with van der Waals surface area (Å²) in [5.74, 6) is 0. The van der Waals surface area contributed by atoms with E-state index >= 15 is 0 Å². The SMILES string of the molecule is CSC(SC)C(=O)Cl. The molecule has 0 bridgehead atoms. The summed E-state index contributed by atoms with van der Waals surface area (Å²) in [4.78, 5) is 10.3. The highest BCUT2D eigenvalue weighted by Gasteiger charge is 2.10. The molecule has 4 heteroatoms. The maximum absolute atomic E-state index is 10.3. The number of rotatable bonds is 3. The molecule has 0 rings (SSSR count). The molecular formula is C4H7ClOS2. The zero-order chi connectivity index (χ0) is 6.57. The molecule has 0 saturated carbocycles. The van der Waals surface area contributed by atoms with Crippen LogP contribution >= 0.6 is 35.1 Å². The van der Waals surface area contributed by atoms with Crippen molar-refractivity contribution < 1.29 is 4.79 Å². The Labute approximate surface area is 62.5 Å². The van der Waals surface area contributed by atoms with Gasteiger partial charge >= 0.3 is 0 Å². The summed E-state index contributed by atoms with van der Waals surface area (Å²) < 4.78 is -0.0864. The fraction of sp³-hybridized carbons (Fsp3) is 0.750. The van der Waals surface area contributed by atoms with E-state index in [1.807, 2.05) is 12.5 Å². The molecule has 0 aliphatic carbocycles. The first kappa shape index (κ1) is 8.66. The van der Waals surface area contributed by atoms with Gasteiger partial charge in [-0.15, -0.1) is 23.5 Å². The Balaban J connectivity index is 3.52. The minimum absolute atomic E-state index is 0.0864. The van der Waals surface area contributed by atoms with Crippen LogP contribution in [0.2, 0.25) is 0 Å². The summed E-state index contributed by atoms with van der Waals surface area (Å²) in [7, 11) is 0. The Kier molecular flexibility index (Phi) is 4.90. The molecule has 0 aromatic carbocycles. The Morgan fingerprint density at radius 1 is 1.50 bits per heavy atom. The van der Waals surface area contributed by atoms with E-state index < -0.39 is 0 Å². The number of hydrogen-bond donors (Lipinski definition) is 0. The maximum atomic E-state index is 10.3. The van der Waals surface area contributed by atoms with Gasteiger partial charge in [-0.05, 0) is 24.1 Å². The van der Waals surface area contributed by atoms with Crippen LogP contribution in [-0.2, 0) is 4.79 Å². The third kappa shape index (κ3) is 2.84. The van der Waals surface area contributed by atoms with Gasteiger partial charge in [-0.2, -0.15) is 0 Å². The Hall–Kier alpha value is 0.660. The first-order chi connectivity index (χ1) is 3.72. The molecule has 0 aromatic rings. The second-order valence-electron chi connectivity index (χ2n) is 1.11. The average Bonchev–Trinajstić information content (AvgIpc) is 1.69. The van der Waals surface area contributed by atoms with Crippen LogP contribution in [0.1, 0.15) is 0 Å². The van der Waals surface area contributed by atoms with Gasteiger partial charge in [-0.1, -0.05) is 0 Å². The zero-order valence-electron chi connectivity index (χ0n) is 4.68. The van der Waals surface area contributed by atoms with Crippen molar-refractivity contribution in [1.82, 2.24) is 0 Å². The predicted octanol–water partition coefficient (Wildman–Crippen LogP) is 1.80. The predicted molar refractivity (Wildman–Crippen MR) is 41.7 cm³/mol. The van der Waals surface area contributed by atoms with Crippen LogP contribution in [0, 0.1) is 0 Å². The van der Waals surface area contributed by atoms with Crippen molar-refractivity contribution >= 4 is 40.4 Å². The maximum Gasteiger partial charge on any atom is 0.244 e. The Morgan fingerprint density at radius 2 is 1.88 bits per heavy atom. The highest BCUT2D eigenvalue weighted by atomic mass is 35.5. The molecule has 1 nitrogen and oxygen atoms in total. The van der Waals surface area contributed by atoms with Gasteiger partial charge in [0.2, 0.25) is 5.24 Å². The molecule has 0 saturated heterocycles. The molecule has 0 radical (unpaired) electrons. The fourth-order valence-corrected chi connectivity index (χ4v) is 1.96. The molecule has 0 aliphatic rings. The lowest BCUT2D eigenvalue weighted by molar-refractivity contribution is -0.110. The smallest absolute Gasteiger partial charge is 0.244 e. The van der Waals surface area contributed by atoms with Crippen LogP contribution in [0.25, 0.3) is 0 Å². The number of carbonyl (C=O) groups is 1. The third-order valence-electron chi connectivity index (χ3n) is 0.613. The first-order valence-corrected chi connectivity index (χ1v) is 4.92. The Bertz CT molecular complexity index is 82.1. The zero-order valence-corrected chi connectivity index (χ0v) is 7.07. The second kappa shape index (κ2) is 4.53. The summed E-state index contributed by atoms with van der Waals surface area (Å²) in [5.41, 5.74) is 0. The molecule has 0 amide bonds. The minimum atomic E-state index is -0.273. The minimum Gasteiger partial charge on any atom is -0.279 e. The first-order valence-electron chi connectivity index (χ1n) is 1.97. The molecule has 0 heterocycles. The molecule has 0 unspecified atom stereocenters. The van der Waals surface area contributed by atoms with Gasteiger partial charge < -0.3 is 0 Å². The van der Waals surface area contributed by atoms with E-state index in [9.17, 15) is 4.79 Å². The van der Waals surface area contributed by atoms with E-state index in [1.165, 1.54) is 23.5 Å². The van der Waals surface area contributed by atoms with Crippen molar-refractivity contribution in [2.45, 2.75) is 4.58 Å². The molecular weight excluding hydrogens is 164 g/mol. The summed E-state index contributed by atoms with van der Waals surface area (Å²) in [6, 6.07) is 0. The van der Waals surface area contributed by atoms with E-state index in [-0.39, 0.29) is 9.82 Å². The highest BCUT2D eigenvalue weighted by Crippen LogP contribution is 2.20. The largest absolute Gasteiger partial charge is 0.279 e. The molecule has 0 aliphatic heterocycles. The molecule has 0 N–H and O–H groups in total. The van der Waals surface area contributed by atoms with Gasteiger partial charge in [0.05, 0.1) is 0 Å². The van der Waals surface area contributed by atoms with Crippen LogP contribution in [-0.4, -0.2) is 22.3 Å². The van der Waals surface area contributed by atoms with E-state index in [4.69, 9.17) is 11.6 Å².